The SMILES string of the molecule is CCC(Sc1c(=O)o[nH][n+]1-c1ccc(OC)cc1)C(=O)Nc1cc(Cl)ccc1OC. The first kappa shape index (κ1) is 21.8. The fourth-order valence-electron chi connectivity index (χ4n) is 2.71. The highest BCUT2D eigenvalue weighted by molar-refractivity contribution is 8.00. The number of carbonyl (C=O) groups is 1. The Hall–Kier alpha value is -2.91. The van der Waals surface area contributed by atoms with Crippen molar-refractivity contribution in [3.63, 3.8) is 0 Å². The van der Waals surface area contributed by atoms with Gasteiger partial charge in [-0.05, 0) is 58.5 Å². The minimum atomic E-state index is -0.567. The fraction of sp³-hybridized carbons (Fsp3) is 0.250. The van der Waals surface area contributed by atoms with Gasteiger partial charge in [-0.1, -0.05) is 18.5 Å². The van der Waals surface area contributed by atoms with Gasteiger partial charge in [-0.25, -0.2) is 4.79 Å². The van der Waals surface area contributed by atoms with Gasteiger partial charge in [0.05, 0.1) is 25.2 Å². The molecule has 0 spiro atoms. The summed E-state index contributed by atoms with van der Waals surface area (Å²) < 4.78 is 16.9. The van der Waals surface area contributed by atoms with Crippen LogP contribution in [0, 0.1) is 0 Å². The summed E-state index contributed by atoms with van der Waals surface area (Å²) in [4.78, 5) is 25.2. The van der Waals surface area contributed by atoms with Crippen molar-refractivity contribution in [1.82, 2.24) is 5.27 Å². The zero-order valence-corrected chi connectivity index (χ0v) is 18.2. The number of carbonyl (C=O) groups excluding carboxylic acids is 1. The largest absolute Gasteiger partial charge is 0.497 e. The first-order valence-corrected chi connectivity index (χ1v) is 10.3. The van der Waals surface area contributed by atoms with E-state index in [1.807, 2.05) is 6.92 Å². The molecule has 2 aromatic carbocycles. The van der Waals surface area contributed by atoms with E-state index in [4.69, 9.17) is 25.6 Å². The molecule has 10 heteroatoms. The molecule has 0 fully saturated rings. The Labute approximate surface area is 182 Å². The second-order valence-electron chi connectivity index (χ2n) is 6.17. The molecule has 0 saturated carbocycles. The van der Waals surface area contributed by atoms with Crippen molar-refractivity contribution < 1.29 is 23.5 Å². The van der Waals surface area contributed by atoms with Crippen LogP contribution in [0.25, 0.3) is 5.69 Å². The summed E-state index contributed by atoms with van der Waals surface area (Å²) in [5.41, 5.74) is 0.552. The molecule has 8 nitrogen and oxygen atoms in total. The molecule has 1 amide bonds. The van der Waals surface area contributed by atoms with Gasteiger partial charge in [-0.15, -0.1) is 0 Å². The third kappa shape index (κ3) is 4.80. The van der Waals surface area contributed by atoms with Crippen LogP contribution in [0.15, 0.2) is 56.8 Å². The third-order valence-corrected chi connectivity index (χ3v) is 5.91. The van der Waals surface area contributed by atoms with Gasteiger partial charge in [0.1, 0.15) is 11.5 Å². The number of anilines is 1. The van der Waals surface area contributed by atoms with Gasteiger partial charge < -0.3 is 14.8 Å². The molecule has 1 unspecified atom stereocenters. The highest BCUT2D eigenvalue weighted by atomic mass is 35.5. The topological polar surface area (TPSA) is 97.4 Å². The molecule has 3 rings (SSSR count). The molecule has 0 bridgehead atoms. The van der Waals surface area contributed by atoms with Crippen molar-refractivity contribution >= 4 is 35.0 Å². The van der Waals surface area contributed by atoms with Gasteiger partial charge in [0.2, 0.25) is 11.6 Å². The number of rotatable bonds is 8. The Balaban J connectivity index is 1.84. The Kier molecular flexibility index (Phi) is 7.07. The molecule has 0 aliphatic heterocycles. The van der Waals surface area contributed by atoms with Crippen LogP contribution in [-0.4, -0.2) is 30.6 Å². The van der Waals surface area contributed by atoms with Crippen LogP contribution in [0.1, 0.15) is 13.3 Å². The molecule has 158 valence electrons. The van der Waals surface area contributed by atoms with E-state index in [0.29, 0.717) is 34.3 Å². The maximum absolute atomic E-state index is 12.9. The molecule has 1 atom stereocenters. The number of halogens is 1. The molecule has 1 aromatic heterocycles. The summed E-state index contributed by atoms with van der Waals surface area (Å²) >= 11 is 7.14. The number of thioether (sulfide) groups is 1. The summed E-state index contributed by atoms with van der Waals surface area (Å²) in [6.45, 7) is 1.86. The Bertz CT molecular complexity index is 1080. The van der Waals surface area contributed by atoms with E-state index in [2.05, 4.69) is 10.6 Å². The van der Waals surface area contributed by atoms with Crippen LogP contribution in [0.2, 0.25) is 5.02 Å². The second-order valence-corrected chi connectivity index (χ2v) is 7.80. The summed E-state index contributed by atoms with van der Waals surface area (Å²) in [5.74, 6) is 0.882. The van der Waals surface area contributed by atoms with Crippen molar-refractivity contribution in [3.05, 3.63) is 57.9 Å². The zero-order valence-electron chi connectivity index (χ0n) is 16.6. The van der Waals surface area contributed by atoms with Crippen molar-refractivity contribution in [2.45, 2.75) is 23.6 Å². The number of ether oxygens (including phenoxy) is 2. The lowest BCUT2D eigenvalue weighted by Gasteiger charge is -2.14. The van der Waals surface area contributed by atoms with E-state index in [9.17, 15) is 9.59 Å². The lowest BCUT2D eigenvalue weighted by molar-refractivity contribution is -0.704. The molecule has 0 aliphatic carbocycles. The van der Waals surface area contributed by atoms with Crippen LogP contribution < -0.4 is 25.1 Å². The quantitative estimate of drug-likeness (QED) is 0.403. The van der Waals surface area contributed by atoms with Crippen molar-refractivity contribution in [1.29, 1.82) is 0 Å². The van der Waals surface area contributed by atoms with Crippen molar-refractivity contribution in [2.75, 3.05) is 19.5 Å². The number of hydrogen-bond donors (Lipinski definition) is 2. The lowest BCUT2D eigenvalue weighted by Crippen LogP contribution is -2.37. The number of aromatic nitrogens is 2. The highest BCUT2D eigenvalue weighted by Gasteiger charge is 2.30. The van der Waals surface area contributed by atoms with E-state index in [1.54, 1.807) is 49.6 Å². The first-order valence-electron chi connectivity index (χ1n) is 9.05. The number of aromatic amines is 1. The third-order valence-electron chi connectivity index (χ3n) is 4.27. The molecule has 2 N–H and O–H groups in total. The van der Waals surface area contributed by atoms with Gasteiger partial charge in [0.25, 0.3) is 0 Å². The average molecular weight is 451 g/mol. The number of amides is 1. The summed E-state index contributed by atoms with van der Waals surface area (Å²) in [7, 11) is 3.08. The average Bonchev–Trinajstić information content (AvgIpc) is 3.12. The van der Waals surface area contributed by atoms with Gasteiger partial charge in [-0.2, -0.15) is 0 Å². The molecule has 1 heterocycles. The second kappa shape index (κ2) is 9.73. The molecule has 3 aromatic rings. The monoisotopic (exact) mass is 450 g/mol. The van der Waals surface area contributed by atoms with Crippen LogP contribution in [0.3, 0.4) is 0 Å². The Morgan fingerprint density at radius 1 is 1.23 bits per heavy atom. The van der Waals surface area contributed by atoms with Crippen molar-refractivity contribution in [2.24, 2.45) is 0 Å². The lowest BCUT2D eigenvalue weighted by atomic mass is 10.2. The maximum atomic E-state index is 12.9. The van der Waals surface area contributed by atoms with Gasteiger partial charge >= 0.3 is 10.7 Å². The predicted octanol–water partition coefficient (Wildman–Crippen LogP) is 3.42. The molecule has 30 heavy (non-hydrogen) atoms. The molecular formula is C20H21ClN3O5S+. The van der Waals surface area contributed by atoms with Crippen molar-refractivity contribution in [3.8, 4) is 17.2 Å². The maximum Gasteiger partial charge on any atom is 0.442 e. The number of benzene rings is 2. The van der Waals surface area contributed by atoms with Crippen LogP contribution in [0.5, 0.6) is 11.5 Å². The minimum absolute atomic E-state index is 0.250. The molecule has 0 radical (unpaired) electrons. The van der Waals surface area contributed by atoms with E-state index in [0.717, 1.165) is 11.8 Å². The molecule has 0 aliphatic rings. The number of nitrogens with one attached hydrogen (secondary N) is 2. The van der Waals surface area contributed by atoms with Gasteiger partial charge in [0.15, 0.2) is 0 Å². The van der Waals surface area contributed by atoms with E-state index >= 15 is 0 Å². The minimum Gasteiger partial charge on any atom is -0.497 e. The highest BCUT2D eigenvalue weighted by Crippen LogP contribution is 2.29. The molecule has 0 saturated heterocycles. The van der Waals surface area contributed by atoms with Crippen LogP contribution >= 0.6 is 23.4 Å². The van der Waals surface area contributed by atoms with E-state index in [-0.39, 0.29) is 10.9 Å². The normalized spacial score (nSPS) is 11.7. The fourth-order valence-corrected chi connectivity index (χ4v) is 3.87. The Morgan fingerprint density at radius 2 is 1.97 bits per heavy atom. The number of methoxy groups -OCH3 is 2. The van der Waals surface area contributed by atoms with E-state index < -0.39 is 10.9 Å². The summed E-state index contributed by atoms with van der Waals surface area (Å²) in [6.07, 6.45) is 0.479. The zero-order chi connectivity index (χ0) is 21.7. The summed E-state index contributed by atoms with van der Waals surface area (Å²) in [5, 5.41) is 5.55. The molecular weight excluding hydrogens is 430 g/mol. The first-order chi connectivity index (χ1) is 14.5. The number of hydrogen-bond acceptors (Lipinski definition) is 6. The van der Waals surface area contributed by atoms with Crippen LogP contribution in [0.4, 0.5) is 5.69 Å². The Morgan fingerprint density at radius 3 is 2.60 bits per heavy atom. The smallest absolute Gasteiger partial charge is 0.442 e. The van der Waals surface area contributed by atoms with Gasteiger partial charge in [-0.3, -0.25) is 9.32 Å². The van der Waals surface area contributed by atoms with Crippen LogP contribution in [-0.2, 0) is 4.79 Å². The number of nitrogens with zero attached hydrogens (tertiary/aromatic N) is 1. The summed E-state index contributed by atoms with van der Waals surface area (Å²) in [6, 6.07) is 12.0. The number of H-pyrrole nitrogens is 1. The van der Waals surface area contributed by atoms with E-state index in [1.165, 1.54) is 11.8 Å². The standard InChI is InChI=1S/C20H20ClN3O5S/c1-4-17(18(25)22-15-11-12(21)5-10-16(15)28-3)30-19-20(26)29-23-24(19)13-6-8-14(27-2)9-7-13/h5-11,17H,4H2,1-3H3,(H-,22,23,25,26)/p+1. The van der Waals surface area contributed by atoms with Gasteiger partial charge in [0, 0.05) is 17.2 Å². The predicted molar refractivity (Wildman–Crippen MR) is 114 cm³/mol.